The predicted molar refractivity (Wildman–Crippen MR) is 126 cm³/mol. The van der Waals surface area contributed by atoms with Gasteiger partial charge in [-0.2, -0.15) is 0 Å². The lowest BCUT2D eigenvalue weighted by molar-refractivity contribution is -0.115. The van der Waals surface area contributed by atoms with Gasteiger partial charge >= 0.3 is 6.03 Å². The minimum absolute atomic E-state index is 0.155. The van der Waals surface area contributed by atoms with Crippen LogP contribution in [0.15, 0.2) is 66.7 Å². The van der Waals surface area contributed by atoms with Gasteiger partial charge in [0, 0.05) is 25.3 Å². The van der Waals surface area contributed by atoms with Crippen LogP contribution in [-0.4, -0.2) is 37.0 Å². The SMILES string of the molecule is COc1ccc(NC(=O)Cc2ccccc2)cc1N1CCCN(Cc2ccc(F)c(F)c2)C1=O. The van der Waals surface area contributed by atoms with Crippen molar-refractivity contribution in [3.63, 3.8) is 0 Å². The second kappa shape index (κ2) is 10.3. The molecular weight excluding hydrogens is 440 g/mol. The lowest BCUT2D eigenvalue weighted by Crippen LogP contribution is -2.49. The van der Waals surface area contributed by atoms with Crippen LogP contribution in [0.3, 0.4) is 0 Å². The molecule has 0 atom stereocenters. The van der Waals surface area contributed by atoms with Crippen molar-refractivity contribution in [1.82, 2.24) is 4.90 Å². The first-order valence-electron chi connectivity index (χ1n) is 11.0. The number of anilines is 2. The Bertz CT molecular complexity index is 1190. The van der Waals surface area contributed by atoms with Crippen molar-refractivity contribution in [2.75, 3.05) is 30.4 Å². The molecule has 3 amide bonds. The lowest BCUT2D eigenvalue weighted by Gasteiger charge is -2.36. The minimum Gasteiger partial charge on any atom is -0.495 e. The highest BCUT2D eigenvalue weighted by Crippen LogP contribution is 2.34. The Kier molecular flexibility index (Phi) is 7.06. The average Bonchev–Trinajstić information content (AvgIpc) is 2.83. The molecule has 6 nitrogen and oxygen atoms in total. The van der Waals surface area contributed by atoms with Crippen LogP contribution in [0.5, 0.6) is 5.75 Å². The molecule has 176 valence electrons. The first-order chi connectivity index (χ1) is 16.4. The van der Waals surface area contributed by atoms with E-state index in [1.54, 1.807) is 28.0 Å². The van der Waals surface area contributed by atoms with Crippen LogP contribution in [0.25, 0.3) is 0 Å². The maximum Gasteiger partial charge on any atom is 0.324 e. The summed E-state index contributed by atoms with van der Waals surface area (Å²) in [4.78, 5) is 28.9. The number of carbonyl (C=O) groups excluding carboxylic acids is 2. The molecule has 1 N–H and O–H groups in total. The van der Waals surface area contributed by atoms with E-state index in [4.69, 9.17) is 4.74 Å². The zero-order valence-electron chi connectivity index (χ0n) is 18.8. The quantitative estimate of drug-likeness (QED) is 0.535. The molecule has 0 unspecified atom stereocenters. The molecule has 1 fully saturated rings. The summed E-state index contributed by atoms with van der Waals surface area (Å²) in [7, 11) is 1.51. The summed E-state index contributed by atoms with van der Waals surface area (Å²) in [5, 5.41) is 2.88. The fourth-order valence-corrected chi connectivity index (χ4v) is 3.98. The molecule has 3 aromatic carbocycles. The van der Waals surface area contributed by atoms with E-state index >= 15 is 0 Å². The molecule has 0 spiro atoms. The van der Waals surface area contributed by atoms with Crippen molar-refractivity contribution in [2.24, 2.45) is 0 Å². The maximum absolute atomic E-state index is 13.6. The van der Waals surface area contributed by atoms with Crippen LogP contribution in [0.2, 0.25) is 0 Å². The second-order valence-corrected chi connectivity index (χ2v) is 8.05. The normalized spacial score (nSPS) is 13.7. The number of urea groups is 1. The Morgan fingerprint density at radius 2 is 1.76 bits per heavy atom. The minimum atomic E-state index is -0.945. The number of hydrogen-bond donors (Lipinski definition) is 1. The first kappa shape index (κ1) is 23.2. The van der Waals surface area contributed by atoms with Crippen molar-refractivity contribution in [2.45, 2.75) is 19.4 Å². The van der Waals surface area contributed by atoms with Crippen LogP contribution in [-0.2, 0) is 17.8 Å². The molecule has 1 saturated heterocycles. The van der Waals surface area contributed by atoms with Crippen LogP contribution in [0.1, 0.15) is 17.5 Å². The molecule has 0 bridgehead atoms. The largest absolute Gasteiger partial charge is 0.495 e. The zero-order valence-corrected chi connectivity index (χ0v) is 18.8. The number of rotatable bonds is 7. The number of carbonyl (C=O) groups is 2. The standard InChI is InChI=1S/C26H25F2N3O3/c1-34-24-11-9-20(29-25(32)15-18-6-3-2-4-7-18)16-23(24)31-13-5-12-30(26(31)33)17-19-8-10-21(27)22(28)14-19/h2-4,6-11,14,16H,5,12-13,15,17H2,1H3,(H,29,32). The van der Waals surface area contributed by atoms with Gasteiger partial charge in [0.1, 0.15) is 5.75 Å². The number of benzene rings is 3. The Labute approximate surface area is 196 Å². The molecule has 3 aromatic rings. The van der Waals surface area contributed by atoms with E-state index in [-0.39, 0.29) is 24.9 Å². The number of ether oxygens (including phenoxy) is 1. The number of nitrogens with one attached hydrogen (secondary N) is 1. The number of hydrogen-bond acceptors (Lipinski definition) is 3. The van der Waals surface area contributed by atoms with Gasteiger partial charge in [0.05, 0.1) is 19.2 Å². The van der Waals surface area contributed by atoms with Gasteiger partial charge in [-0.25, -0.2) is 13.6 Å². The number of methoxy groups -OCH3 is 1. The number of nitrogens with zero attached hydrogens (tertiary/aromatic N) is 2. The fourth-order valence-electron chi connectivity index (χ4n) is 3.98. The summed E-state index contributed by atoms with van der Waals surface area (Å²) in [6, 6.07) is 17.9. The smallest absolute Gasteiger partial charge is 0.324 e. The molecule has 0 radical (unpaired) electrons. The Morgan fingerprint density at radius 1 is 0.971 bits per heavy atom. The van der Waals surface area contributed by atoms with Gasteiger partial charge in [-0.1, -0.05) is 36.4 Å². The average molecular weight is 466 g/mol. The number of halogens is 2. The molecule has 1 aliphatic heterocycles. The summed E-state index contributed by atoms with van der Waals surface area (Å²) in [6.45, 7) is 1.11. The molecule has 1 aliphatic rings. The van der Waals surface area contributed by atoms with E-state index in [1.165, 1.54) is 13.2 Å². The zero-order chi connectivity index (χ0) is 24.1. The first-order valence-corrected chi connectivity index (χ1v) is 11.0. The summed E-state index contributed by atoms with van der Waals surface area (Å²) in [5.41, 5.74) is 2.47. The van der Waals surface area contributed by atoms with E-state index in [2.05, 4.69) is 5.32 Å². The molecule has 0 aliphatic carbocycles. The highest BCUT2D eigenvalue weighted by atomic mass is 19.2. The Morgan fingerprint density at radius 3 is 2.50 bits per heavy atom. The summed E-state index contributed by atoms with van der Waals surface area (Å²) < 4.78 is 32.3. The van der Waals surface area contributed by atoms with Gasteiger partial charge in [-0.05, 0) is 47.9 Å². The molecule has 0 aromatic heterocycles. The Balaban J connectivity index is 1.51. The van der Waals surface area contributed by atoms with Gasteiger partial charge in [0.25, 0.3) is 0 Å². The predicted octanol–water partition coefficient (Wildman–Crippen LogP) is 4.99. The van der Waals surface area contributed by atoms with E-state index in [1.807, 2.05) is 30.3 Å². The van der Waals surface area contributed by atoms with E-state index < -0.39 is 11.6 Å². The van der Waals surface area contributed by atoms with Crippen molar-refractivity contribution in [1.29, 1.82) is 0 Å². The van der Waals surface area contributed by atoms with E-state index in [9.17, 15) is 18.4 Å². The molecule has 34 heavy (non-hydrogen) atoms. The van der Waals surface area contributed by atoms with Gasteiger partial charge in [0.2, 0.25) is 5.91 Å². The number of amides is 3. The van der Waals surface area contributed by atoms with E-state index in [0.29, 0.717) is 42.2 Å². The third-order valence-electron chi connectivity index (χ3n) is 5.63. The van der Waals surface area contributed by atoms with Gasteiger partial charge in [0.15, 0.2) is 11.6 Å². The molecule has 4 rings (SSSR count). The maximum atomic E-state index is 13.6. The van der Waals surface area contributed by atoms with Gasteiger partial charge in [-0.15, -0.1) is 0 Å². The van der Waals surface area contributed by atoms with Crippen LogP contribution < -0.4 is 15.0 Å². The van der Waals surface area contributed by atoms with Crippen LogP contribution >= 0.6 is 0 Å². The second-order valence-electron chi connectivity index (χ2n) is 8.05. The van der Waals surface area contributed by atoms with E-state index in [0.717, 1.165) is 17.7 Å². The highest BCUT2D eigenvalue weighted by molar-refractivity contribution is 5.97. The molecule has 0 saturated carbocycles. The summed E-state index contributed by atoms with van der Waals surface area (Å²) >= 11 is 0. The van der Waals surface area contributed by atoms with Crippen LogP contribution in [0.4, 0.5) is 25.0 Å². The highest BCUT2D eigenvalue weighted by Gasteiger charge is 2.29. The third kappa shape index (κ3) is 5.33. The monoisotopic (exact) mass is 465 g/mol. The van der Waals surface area contributed by atoms with Gasteiger partial charge < -0.3 is 15.0 Å². The molecule has 1 heterocycles. The topological polar surface area (TPSA) is 61.9 Å². The van der Waals surface area contributed by atoms with Gasteiger partial charge in [-0.3, -0.25) is 9.69 Å². The molecule has 8 heteroatoms. The molecular formula is C26H25F2N3O3. The van der Waals surface area contributed by atoms with Crippen LogP contribution in [0, 0.1) is 11.6 Å². The Hall–Kier alpha value is -3.94. The van der Waals surface area contributed by atoms with Crippen molar-refractivity contribution in [3.8, 4) is 5.75 Å². The summed E-state index contributed by atoms with van der Waals surface area (Å²) in [6.07, 6.45) is 0.913. The summed E-state index contributed by atoms with van der Waals surface area (Å²) in [5.74, 6) is -1.55. The van der Waals surface area contributed by atoms with Crippen molar-refractivity contribution < 1.29 is 23.1 Å². The fraction of sp³-hybridized carbons (Fsp3) is 0.231. The lowest BCUT2D eigenvalue weighted by atomic mass is 10.1. The third-order valence-corrected chi connectivity index (χ3v) is 5.63. The van der Waals surface area contributed by atoms with Crippen molar-refractivity contribution >= 4 is 23.3 Å². The van der Waals surface area contributed by atoms with Crippen molar-refractivity contribution in [3.05, 3.63) is 89.5 Å².